The van der Waals surface area contributed by atoms with E-state index >= 15 is 0 Å². The Morgan fingerprint density at radius 2 is 1.62 bits per heavy atom. The van der Waals surface area contributed by atoms with Gasteiger partial charge < -0.3 is 14.6 Å². The van der Waals surface area contributed by atoms with Gasteiger partial charge >= 0.3 is 5.97 Å². The number of aromatic nitrogens is 1. The molecule has 2 heterocycles. The van der Waals surface area contributed by atoms with E-state index in [-0.39, 0.29) is 5.41 Å². The Morgan fingerprint density at radius 1 is 0.925 bits per heavy atom. The number of benzene rings is 3. The summed E-state index contributed by atoms with van der Waals surface area (Å²) < 4.78 is 11.8. The summed E-state index contributed by atoms with van der Waals surface area (Å²) in [6, 6.07) is 24.4. The molecule has 1 aliphatic heterocycles. The van der Waals surface area contributed by atoms with Crippen LogP contribution in [0.5, 0.6) is 5.75 Å². The number of hydrogen-bond donors (Lipinski definition) is 1. The van der Waals surface area contributed by atoms with E-state index in [1.807, 2.05) is 24.3 Å². The van der Waals surface area contributed by atoms with E-state index in [1.165, 1.54) is 43.2 Å². The second-order valence-electron chi connectivity index (χ2n) is 11.0. The van der Waals surface area contributed by atoms with E-state index in [4.69, 9.17) is 14.5 Å². The Bertz CT molecular complexity index is 1410. The van der Waals surface area contributed by atoms with E-state index in [9.17, 15) is 9.90 Å². The van der Waals surface area contributed by atoms with Crippen molar-refractivity contribution in [2.45, 2.75) is 62.9 Å². The van der Waals surface area contributed by atoms with Gasteiger partial charge in [-0.1, -0.05) is 55.7 Å². The van der Waals surface area contributed by atoms with E-state index in [2.05, 4.69) is 41.8 Å². The van der Waals surface area contributed by atoms with Crippen molar-refractivity contribution in [3.8, 4) is 17.0 Å². The number of hydrogen-bond acceptors (Lipinski definition) is 5. The van der Waals surface area contributed by atoms with Crippen LogP contribution < -0.4 is 4.74 Å². The summed E-state index contributed by atoms with van der Waals surface area (Å²) in [6.45, 7) is 1.87. The van der Waals surface area contributed by atoms with Crippen LogP contribution in [0.4, 0.5) is 0 Å². The highest BCUT2D eigenvalue weighted by molar-refractivity contribution is 7.10. The van der Waals surface area contributed by atoms with E-state index in [0.29, 0.717) is 25.4 Å². The molecule has 1 saturated carbocycles. The molecule has 0 radical (unpaired) electrons. The first-order chi connectivity index (χ1) is 19.6. The Balaban J connectivity index is 1.13. The summed E-state index contributed by atoms with van der Waals surface area (Å²) in [7, 11) is 0. The molecule has 0 bridgehead atoms. The fourth-order valence-electron chi connectivity index (χ4n) is 6.11. The third-order valence-electron chi connectivity index (χ3n) is 8.56. The fraction of sp³-hybridized carbons (Fsp3) is 0.353. The second kappa shape index (κ2) is 11.9. The minimum atomic E-state index is -0.913. The van der Waals surface area contributed by atoms with Gasteiger partial charge in [-0.25, -0.2) is 9.78 Å². The molecule has 2 fully saturated rings. The molecule has 2 aliphatic rings. The fourth-order valence-corrected chi connectivity index (χ4v) is 7.23. The summed E-state index contributed by atoms with van der Waals surface area (Å²) in [4.78, 5) is 16.4. The van der Waals surface area contributed by atoms with Crippen molar-refractivity contribution in [1.29, 1.82) is 0 Å². The maximum Gasteiger partial charge on any atom is 0.335 e. The molecule has 1 N–H and O–H groups in total. The highest BCUT2D eigenvalue weighted by atomic mass is 32.1. The number of nitrogens with zero attached hydrogens (tertiary/aromatic N) is 1. The van der Waals surface area contributed by atoms with Crippen LogP contribution in [0.25, 0.3) is 11.3 Å². The predicted molar refractivity (Wildman–Crippen MR) is 158 cm³/mol. The topological polar surface area (TPSA) is 68.7 Å². The van der Waals surface area contributed by atoms with Gasteiger partial charge in [-0.3, -0.25) is 0 Å². The van der Waals surface area contributed by atoms with Crippen LogP contribution >= 0.6 is 11.3 Å². The molecule has 0 spiro atoms. The zero-order valence-electron chi connectivity index (χ0n) is 22.7. The van der Waals surface area contributed by atoms with Gasteiger partial charge in [-0.05, 0) is 84.7 Å². The van der Waals surface area contributed by atoms with Gasteiger partial charge in [0.25, 0.3) is 0 Å². The van der Waals surface area contributed by atoms with Crippen LogP contribution in [0.15, 0.2) is 78.2 Å². The quantitative estimate of drug-likeness (QED) is 0.238. The molecule has 0 unspecified atom stereocenters. The molecular formula is C34H35NO4S. The number of thiazole rings is 1. The van der Waals surface area contributed by atoms with Gasteiger partial charge in [0.1, 0.15) is 17.4 Å². The van der Waals surface area contributed by atoms with Crippen molar-refractivity contribution >= 4 is 17.3 Å². The van der Waals surface area contributed by atoms with Gasteiger partial charge in [0.15, 0.2) is 0 Å². The molecule has 0 atom stereocenters. The standard InChI is InChI=1S/C34H35NO4S/c36-32(37)28-10-14-29(15-11-28)34(18-20-38-21-19-34)33-35-31(23-40-33)27-12-16-30(17-13-27)39-22-24-6-8-26(9-7-24)25-4-2-1-3-5-25/h6-17,23,25H,1-5,18-22H2,(H,36,37). The SMILES string of the molecule is O=C(O)c1ccc(C2(c3nc(-c4ccc(OCc5ccc(C6CCCCC6)cc5)cc4)cs3)CCOCC2)cc1. The summed E-state index contributed by atoms with van der Waals surface area (Å²) in [5.74, 6) is 0.653. The van der Waals surface area contributed by atoms with Crippen molar-refractivity contribution in [3.05, 3.63) is 105 Å². The summed E-state index contributed by atoms with van der Waals surface area (Å²) in [6.07, 6.45) is 8.36. The Hall–Kier alpha value is -3.48. The molecule has 6 heteroatoms. The molecule has 1 aliphatic carbocycles. The first-order valence-corrected chi connectivity index (χ1v) is 15.2. The van der Waals surface area contributed by atoms with Gasteiger partial charge in [-0.2, -0.15) is 0 Å². The van der Waals surface area contributed by atoms with Crippen molar-refractivity contribution < 1.29 is 19.4 Å². The van der Waals surface area contributed by atoms with Crippen molar-refractivity contribution in [2.24, 2.45) is 0 Å². The van der Waals surface area contributed by atoms with E-state index in [1.54, 1.807) is 23.5 Å². The Labute approximate surface area is 239 Å². The molecule has 1 aromatic heterocycles. The number of ether oxygens (including phenoxy) is 2. The van der Waals surface area contributed by atoms with Crippen molar-refractivity contribution in [1.82, 2.24) is 4.98 Å². The maximum absolute atomic E-state index is 11.4. The van der Waals surface area contributed by atoms with Crippen molar-refractivity contribution in [2.75, 3.05) is 13.2 Å². The lowest BCUT2D eigenvalue weighted by Gasteiger charge is -2.36. The highest BCUT2D eigenvalue weighted by Gasteiger charge is 2.39. The number of carboxylic acid groups (broad SMARTS) is 1. The summed E-state index contributed by atoms with van der Waals surface area (Å²) >= 11 is 1.66. The smallest absolute Gasteiger partial charge is 0.335 e. The zero-order valence-corrected chi connectivity index (χ0v) is 23.5. The molecule has 0 amide bonds. The average Bonchev–Trinajstić information content (AvgIpc) is 3.53. The lowest BCUT2D eigenvalue weighted by Crippen LogP contribution is -2.35. The average molecular weight is 554 g/mol. The third kappa shape index (κ3) is 5.70. The van der Waals surface area contributed by atoms with Crippen LogP contribution in [0.1, 0.15) is 82.9 Å². The minimum absolute atomic E-state index is 0.270. The van der Waals surface area contributed by atoms with Gasteiger partial charge in [0, 0.05) is 24.2 Å². The van der Waals surface area contributed by atoms with Gasteiger partial charge in [0.2, 0.25) is 0 Å². The van der Waals surface area contributed by atoms with Gasteiger partial charge in [-0.15, -0.1) is 11.3 Å². The first kappa shape index (κ1) is 26.7. The monoisotopic (exact) mass is 553 g/mol. The van der Waals surface area contributed by atoms with Crippen LogP contribution in [0.3, 0.4) is 0 Å². The first-order valence-electron chi connectivity index (χ1n) is 14.3. The third-order valence-corrected chi connectivity index (χ3v) is 9.60. The van der Waals surface area contributed by atoms with E-state index < -0.39 is 5.97 Å². The second-order valence-corrected chi connectivity index (χ2v) is 11.9. The molecular weight excluding hydrogens is 518 g/mol. The maximum atomic E-state index is 11.4. The summed E-state index contributed by atoms with van der Waals surface area (Å²) in [5, 5.41) is 12.5. The largest absolute Gasteiger partial charge is 0.489 e. The Kier molecular flexibility index (Phi) is 7.98. The van der Waals surface area contributed by atoms with Crippen molar-refractivity contribution in [3.63, 3.8) is 0 Å². The predicted octanol–water partition coefficient (Wildman–Crippen LogP) is 8.23. The number of carbonyl (C=O) groups is 1. The van der Waals surface area contributed by atoms with Crippen LogP contribution in [-0.4, -0.2) is 29.3 Å². The number of carboxylic acids is 1. The molecule has 6 rings (SSSR count). The summed E-state index contributed by atoms with van der Waals surface area (Å²) in [5.41, 5.74) is 5.77. The number of rotatable bonds is 8. The number of aromatic carboxylic acids is 1. The molecule has 206 valence electrons. The van der Waals surface area contributed by atoms with Crippen LogP contribution in [0, 0.1) is 0 Å². The van der Waals surface area contributed by atoms with Crippen LogP contribution in [0.2, 0.25) is 0 Å². The zero-order chi connectivity index (χ0) is 27.4. The molecule has 5 nitrogen and oxygen atoms in total. The molecule has 1 saturated heterocycles. The van der Waals surface area contributed by atoms with Crippen LogP contribution in [-0.2, 0) is 16.8 Å². The van der Waals surface area contributed by atoms with E-state index in [0.717, 1.165) is 46.3 Å². The lowest BCUT2D eigenvalue weighted by atomic mass is 9.74. The Morgan fingerprint density at radius 3 is 2.30 bits per heavy atom. The molecule has 40 heavy (non-hydrogen) atoms. The molecule has 4 aromatic rings. The normalized spacial score (nSPS) is 17.4. The lowest BCUT2D eigenvalue weighted by molar-refractivity contribution is 0.0629. The van der Waals surface area contributed by atoms with Gasteiger partial charge in [0.05, 0.1) is 16.7 Å². The minimum Gasteiger partial charge on any atom is -0.489 e. The molecule has 3 aromatic carbocycles. The highest BCUT2D eigenvalue weighted by Crippen LogP contribution is 2.43.